The van der Waals surface area contributed by atoms with Crippen molar-refractivity contribution in [2.75, 3.05) is 19.1 Å². The number of carbonyl (C=O) groups is 1. The molecule has 0 saturated carbocycles. The molecule has 3 rings (SSSR count). The van der Waals surface area contributed by atoms with Crippen LogP contribution in [-0.2, 0) is 4.79 Å². The fourth-order valence-electron chi connectivity index (χ4n) is 2.21. The number of hydrogen-bond acceptors (Lipinski definition) is 8. The summed E-state index contributed by atoms with van der Waals surface area (Å²) in [5, 5.41) is 20.5. The van der Waals surface area contributed by atoms with Crippen molar-refractivity contribution < 1.29 is 19.4 Å². The minimum Gasteiger partial charge on any atom is -0.497 e. The third kappa shape index (κ3) is 5.24. The lowest BCUT2D eigenvalue weighted by Gasteiger charge is -2.04. The molecule has 0 spiro atoms. The van der Waals surface area contributed by atoms with Crippen molar-refractivity contribution in [3.63, 3.8) is 0 Å². The molecular weight excluding hydrogens is 362 g/mol. The molecule has 2 N–H and O–H groups in total. The molecule has 0 amide bonds. The number of methoxy groups -OCH3 is 1. The second-order valence-electron chi connectivity index (χ2n) is 5.52. The van der Waals surface area contributed by atoms with Crippen LogP contribution < -0.4 is 14.9 Å². The first-order valence-electron chi connectivity index (χ1n) is 8.22. The van der Waals surface area contributed by atoms with Gasteiger partial charge in [-0.25, -0.2) is 15.2 Å². The number of ether oxygens (including phenoxy) is 2. The zero-order valence-electron chi connectivity index (χ0n) is 14.9. The second kappa shape index (κ2) is 9.08. The Morgan fingerprint density at radius 1 is 1.14 bits per heavy atom. The standard InChI is InChI=1S/C19H17N5O4/c1-27-15-8-4-14(5-9-15)17-11-21-24-19(22-17)23-20-10-13-2-6-16(7-3-13)28-12-18(25)26/h2-11H,12H2,1H3,(H,25,26)(H,22,23,24)/b20-10-. The molecule has 142 valence electrons. The highest BCUT2D eigenvalue weighted by molar-refractivity contribution is 5.80. The number of carboxylic acids is 1. The summed E-state index contributed by atoms with van der Waals surface area (Å²) in [6.07, 6.45) is 3.14. The number of rotatable bonds is 8. The van der Waals surface area contributed by atoms with Gasteiger partial charge in [-0.05, 0) is 54.1 Å². The lowest BCUT2D eigenvalue weighted by atomic mass is 10.1. The number of anilines is 1. The Kier molecular flexibility index (Phi) is 6.09. The molecule has 0 aliphatic rings. The zero-order valence-corrected chi connectivity index (χ0v) is 14.9. The van der Waals surface area contributed by atoms with Crippen LogP contribution >= 0.6 is 0 Å². The van der Waals surface area contributed by atoms with E-state index in [0.717, 1.165) is 16.9 Å². The highest BCUT2D eigenvalue weighted by Crippen LogP contribution is 2.20. The van der Waals surface area contributed by atoms with Crippen molar-refractivity contribution in [1.29, 1.82) is 0 Å². The molecule has 2 aromatic carbocycles. The topological polar surface area (TPSA) is 119 Å². The fourth-order valence-corrected chi connectivity index (χ4v) is 2.21. The van der Waals surface area contributed by atoms with Gasteiger partial charge in [-0.15, -0.1) is 5.10 Å². The number of nitrogens with zero attached hydrogens (tertiary/aromatic N) is 4. The van der Waals surface area contributed by atoms with E-state index in [4.69, 9.17) is 14.6 Å². The normalized spacial score (nSPS) is 10.6. The van der Waals surface area contributed by atoms with Crippen molar-refractivity contribution >= 4 is 18.1 Å². The van der Waals surface area contributed by atoms with E-state index < -0.39 is 5.97 Å². The number of hydrazone groups is 1. The summed E-state index contributed by atoms with van der Waals surface area (Å²) in [7, 11) is 1.61. The zero-order chi connectivity index (χ0) is 19.8. The molecule has 0 aliphatic carbocycles. The summed E-state index contributed by atoms with van der Waals surface area (Å²) in [4.78, 5) is 14.9. The molecule has 3 aromatic rings. The lowest BCUT2D eigenvalue weighted by Crippen LogP contribution is -2.09. The number of aromatic nitrogens is 3. The summed E-state index contributed by atoms with van der Waals surface area (Å²) in [6, 6.07) is 14.2. The van der Waals surface area contributed by atoms with E-state index in [1.54, 1.807) is 43.8 Å². The van der Waals surface area contributed by atoms with Crippen LogP contribution in [-0.4, -0.2) is 46.2 Å². The SMILES string of the molecule is COc1ccc(-c2cnnc(N/N=C\c3ccc(OCC(=O)O)cc3)n2)cc1. The molecule has 0 fully saturated rings. The molecule has 9 heteroatoms. The molecule has 0 unspecified atom stereocenters. The average Bonchev–Trinajstić information content (AvgIpc) is 2.73. The predicted octanol–water partition coefficient (Wildman–Crippen LogP) is 2.46. The largest absolute Gasteiger partial charge is 0.497 e. The third-order valence-corrected chi connectivity index (χ3v) is 3.57. The van der Waals surface area contributed by atoms with Crippen molar-refractivity contribution in [2.24, 2.45) is 5.10 Å². The van der Waals surface area contributed by atoms with Crippen LogP contribution in [0.3, 0.4) is 0 Å². The molecule has 9 nitrogen and oxygen atoms in total. The van der Waals surface area contributed by atoms with Gasteiger partial charge in [0.25, 0.3) is 5.95 Å². The smallest absolute Gasteiger partial charge is 0.341 e. The first-order chi connectivity index (χ1) is 13.6. The number of nitrogens with one attached hydrogen (secondary N) is 1. The van der Waals surface area contributed by atoms with Crippen molar-refractivity contribution in [2.45, 2.75) is 0 Å². The van der Waals surface area contributed by atoms with E-state index >= 15 is 0 Å². The van der Waals surface area contributed by atoms with Crippen LogP contribution in [0, 0.1) is 0 Å². The Morgan fingerprint density at radius 2 is 1.86 bits per heavy atom. The maximum absolute atomic E-state index is 10.5. The van der Waals surface area contributed by atoms with Gasteiger partial charge in [-0.3, -0.25) is 0 Å². The molecule has 28 heavy (non-hydrogen) atoms. The maximum atomic E-state index is 10.5. The summed E-state index contributed by atoms with van der Waals surface area (Å²) in [5.41, 5.74) is 5.04. The van der Waals surface area contributed by atoms with Crippen molar-refractivity contribution in [3.05, 3.63) is 60.3 Å². The molecule has 1 aromatic heterocycles. The third-order valence-electron chi connectivity index (χ3n) is 3.57. The number of carboxylic acid groups (broad SMARTS) is 1. The quantitative estimate of drug-likeness (QED) is 0.452. The summed E-state index contributed by atoms with van der Waals surface area (Å²) >= 11 is 0. The monoisotopic (exact) mass is 379 g/mol. The molecule has 0 saturated heterocycles. The fraction of sp³-hybridized carbons (Fsp3) is 0.105. The molecule has 0 atom stereocenters. The summed E-state index contributed by atoms with van der Waals surface area (Å²) in [6.45, 7) is -0.385. The first-order valence-corrected chi connectivity index (χ1v) is 8.22. The van der Waals surface area contributed by atoms with Gasteiger partial charge in [0, 0.05) is 5.56 Å². The van der Waals surface area contributed by atoms with Crippen LogP contribution in [0.1, 0.15) is 5.56 Å². The number of hydrogen-bond donors (Lipinski definition) is 2. The van der Waals surface area contributed by atoms with E-state index in [2.05, 4.69) is 25.7 Å². The maximum Gasteiger partial charge on any atom is 0.341 e. The van der Waals surface area contributed by atoms with E-state index in [1.807, 2.05) is 24.3 Å². The molecule has 1 heterocycles. The van der Waals surface area contributed by atoms with Crippen molar-refractivity contribution in [1.82, 2.24) is 15.2 Å². The molecule has 0 aliphatic heterocycles. The minimum absolute atomic E-state index is 0.256. The average molecular weight is 379 g/mol. The van der Waals surface area contributed by atoms with Crippen LogP contribution in [0.25, 0.3) is 11.3 Å². The van der Waals surface area contributed by atoms with Gasteiger partial charge in [0.2, 0.25) is 0 Å². The van der Waals surface area contributed by atoms with E-state index in [1.165, 1.54) is 0 Å². The Hall–Kier alpha value is -4.01. The van der Waals surface area contributed by atoms with Crippen molar-refractivity contribution in [3.8, 4) is 22.8 Å². The molecule has 0 radical (unpaired) electrons. The van der Waals surface area contributed by atoms with Gasteiger partial charge in [0.1, 0.15) is 11.5 Å². The summed E-state index contributed by atoms with van der Waals surface area (Å²) < 4.78 is 10.2. The highest BCUT2D eigenvalue weighted by atomic mass is 16.5. The van der Waals surface area contributed by atoms with Gasteiger partial charge in [-0.1, -0.05) is 0 Å². The Bertz CT molecular complexity index is 959. The Labute approximate surface area is 160 Å². The predicted molar refractivity (Wildman–Crippen MR) is 103 cm³/mol. The lowest BCUT2D eigenvalue weighted by molar-refractivity contribution is -0.139. The summed E-state index contributed by atoms with van der Waals surface area (Å²) in [5.74, 6) is 0.451. The van der Waals surface area contributed by atoms with Crippen LogP contribution in [0.5, 0.6) is 11.5 Å². The first kappa shape index (κ1) is 18.8. The van der Waals surface area contributed by atoms with Gasteiger partial charge >= 0.3 is 5.97 Å². The van der Waals surface area contributed by atoms with Crippen LogP contribution in [0.15, 0.2) is 59.8 Å². The molecular formula is C19H17N5O4. The van der Waals surface area contributed by atoms with Crippen LogP contribution in [0.2, 0.25) is 0 Å². The van der Waals surface area contributed by atoms with Gasteiger partial charge < -0.3 is 14.6 Å². The van der Waals surface area contributed by atoms with E-state index in [9.17, 15) is 4.79 Å². The number of benzene rings is 2. The molecule has 0 bridgehead atoms. The van der Waals surface area contributed by atoms with Gasteiger partial charge in [0.15, 0.2) is 6.61 Å². The Balaban J connectivity index is 1.61. The highest BCUT2D eigenvalue weighted by Gasteiger charge is 2.03. The van der Waals surface area contributed by atoms with Gasteiger partial charge in [0.05, 0.1) is 25.2 Å². The second-order valence-corrected chi connectivity index (χ2v) is 5.52. The van der Waals surface area contributed by atoms with E-state index in [0.29, 0.717) is 11.4 Å². The minimum atomic E-state index is -1.03. The van der Waals surface area contributed by atoms with E-state index in [-0.39, 0.29) is 12.6 Å². The Morgan fingerprint density at radius 3 is 2.54 bits per heavy atom. The van der Waals surface area contributed by atoms with Gasteiger partial charge in [-0.2, -0.15) is 10.2 Å². The number of aliphatic carboxylic acids is 1. The van der Waals surface area contributed by atoms with Crippen LogP contribution in [0.4, 0.5) is 5.95 Å².